The number of benzene rings is 1. The van der Waals surface area contributed by atoms with Crippen LogP contribution in [0.4, 0.5) is 0 Å². The Morgan fingerprint density at radius 2 is 1.62 bits per heavy atom. The van der Waals surface area contributed by atoms with Crippen molar-refractivity contribution in [2.24, 2.45) is 0 Å². The van der Waals surface area contributed by atoms with Crippen LogP contribution in [0, 0.1) is 27.7 Å². The van der Waals surface area contributed by atoms with Crippen molar-refractivity contribution in [2.45, 2.75) is 40.7 Å². The van der Waals surface area contributed by atoms with Crippen LogP contribution in [0.2, 0.25) is 0 Å². The molecule has 3 aromatic heterocycles. The molecule has 0 aliphatic heterocycles. The fourth-order valence-electron chi connectivity index (χ4n) is 3.62. The monoisotopic (exact) mass is 390 g/mol. The van der Waals surface area contributed by atoms with Crippen LogP contribution in [0.15, 0.2) is 44.2 Å². The maximum atomic E-state index is 12.6. The Morgan fingerprint density at radius 1 is 0.966 bits per heavy atom. The quantitative estimate of drug-likeness (QED) is 0.532. The average Bonchev–Trinajstić information content (AvgIpc) is 3.00. The second-order valence-corrected chi connectivity index (χ2v) is 7.34. The van der Waals surface area contributed by atoms with Gasteiger partial charge in [0, 0.05) is 35.3 Å². The fraction of sp³-hybridized carbons (Fsp3) is 0.261. The van der Waals surface area contributed by atoms with Crippen molar-refractivity contribution in [3.63, 3.8) is 0 Å². The van der Waals surface area contributed by atoms with E-state index in [2.05, 4.69) is 10.3 Å². The lowest BCUT2D eigenvalue weighted by Gasteiger charge is -2.10. The summed E-state index contributed by atoms with van der Waals surface area (Å²) in [6, 6.07) is 5.65. The van der Waals surface area contributed by atoms with E-state index in [-0.39, 0.29) is 12.3 Å². The summed E-state index contributed by atoms with van der Waals surface area (Å²) < 4.78 is 11.5. The molecule has 1 N–H and O–H groups in total. The van der Waals surface area contributed by atoms with Crippen LogP contribution in [-0.4, -0.2) is 10.9 Å². The minimum Gasteiger partial charge on any atom is -0.461 e. The number of fused-ring (bicyclic) bond motifs is 2. The Bertz CT molecular complexity index is 1300. The van der Waals surface area contributed by atoms with Crippen LogP contribution >= 0.6 is 0 Å². The van der Waals surface area contributed by atoms with Crippen molar-refractivity contribution in [3.05, 3.63) is 74.6 Å². The minimum absolute atomic E-state index is 0.0321. The van der Waals surface area contributed by atoms with Gasteiger partial charge in [-0.25, -0.2) is 4.79 Å². The molecule has 0 atom stereocenters. The van der Waals surface area contributed by atoms with E-state index in [0.717, 1.165) is 44.4 Å². The zero-order valence-corrected chi connectivity index (χ0v) is 16.9. The van der Waals surface area contributed by atoms with Crippen molar-refractivity contribution in [3.8, 4) is 0 Å². The Balaban J connectivity index is 1.71. The molecule has 0 radical (unpaired) electrons. The lowest BCUT2D eigenvalue weighted by Crippen LogP contribution is -2.27. The van der Waals surface area contributed by atoms with Gasteiger partial charge in [-0.05, 0) is 62.6 Å². The van der Waals surface area contributed by atoms with Crippen LogP contribution in [0.25, 0.3) is 21.9 Å². The molecule has 1 aromatic carbocycles. The van der Waals surface area contributed by atoms with Crippen molar-refractivity contribution in [2.75, 3.05) is 0 Å². The van der Waals surface area contributed by atoms with Crippen molar-refractivity contribution in [1.29, 1.82) is 0 Å². The smallest absolute Gasteiger partial charge is 0.340 e. The van der Waals surface area contributed by atoms with Gasteiger partial charge in [-0.3, -0.25) is 9.78 Å². The average molecular weight is 390 g/mol. The van der Waals surface area contributed by atoms with E-state index >= 15 is 0 Å². The molecule has 0 bridgehead atoms. The van der Waals surface area contributed by atoms with Gasteiger partial charge in [0.2, 0.25) is 5.91 Å². The molecular weight excluding hydrogens is 368 g/mol. The molecule has 0 saturated carbocycles. The third-order valence-electron chi connectivity index (χ3n) is 5.52. The van der Waals surface area contributed by atoms with Crippen LogP contribution in [-0.2, 0) is 17.8 Å². The third-order valence-corrected chi connectivity index (χ3v) is 5.52. The molecule has 0 unspecified atom stereocenters. The molecule has 1 amide bonds. The molecule has 0 fully saturated rings. The van der Waals surface area contributed by atoms with E-state index in [4.69, 9.17) is 8.83 Å². The molecular formula is C23H22N2O4. The van der Waals surface area contributed by atoms with Crippen LogP contribution < -0.4 is 10.9 Å². The van der Waals surface area contributed by atoms with Crippen molar-refractivity contribution < 1.29 is 13.6 Å². The highest BCUT2D eigenvalue weighted by atomic mass is 16.4. The number of carbonyl (C=O) groups is 1. The first kappa shape index (κ1) is 18.9. The molecule has 3 heterocycles. The van der Waals surface area contributed by atoms with Crippen molar-refractivity contribution >= 4 is 27.8 Å². The van der Waals surface area contributed by atoms with Gasteiger partial charge < -0.3 is 14.2 Å². The number of nitrogens with one attached hydrogen (secondary N) is 1. The normalized spacial score (nSPS) is 11.3. The largest absolute Gasteiger partial charge is 0.461 e. The number of carbonyl (C=O) groups excluding carboxylic acids is 1. The van der Waals surface area contributed by atoms with Gasteiger partial charge in [-0.15, -0.1) is 0 Å². The molecule has 29 heavy (non-hydrogen) atoms. The van der Waals surface area contributed by atoms with Gasteiger partial charge in [0.05, 0.1) is 12.0 Å². The molecule has 0 aliphatic carbocycles. The maximum Gasteiger partial charge on any atom is 0.340 e. The summed E-state index contributed by atoms with van der Waals surface area (Å²) in [5.41, 5.74) is 4.69. The topological polar surface area (TPSA) is 85.3 Å². The minimum atomic E-state index is -0.489. The van der Waals surface area contributed by atoms with Gasteiger partial charge in [-0.1, -0.05) is 0 Å². The first-order chi connectivity index (χ1) is 13.9. The summed E-state index contributed by atoms with van der Waals surface area (Å²) in [5.74, 6) is 0.610. The number of pyridine rings is 1. The summed E-state index contributed by atoms with van der Waals surface area (Å²) in [7, 11) is 0. The summed E-state index contributed by atoms with van der Waals surface area (Å²) in [6.07, 6.45) is 3.31. The number of rotatable bonds is 4. The number of hydrogen-bond acceptors (Lipinski definition) is 5. The first-order valence-corrected chi connectivity index (χ1v) is 9.48. The highest BCUT2D eigenvalue weighted by molar-refractivity contribution is 6.00. The van der Waals surface area contributed by atoms with Gasteiger partial charge in [0.15, 0.2) is 0 Å². The number of amides is 1. The summed E-state index contributed by atoms with van der Waals surface area (Å²) in [6.45, 7) is 8.05. The van der Waals surface area contributed by atoms with Gasteiger partial charge >= 0.3 is 5.63 Å². The van der Waals surface area contributed by atoms with Crippen LogP contribution in [0.3, 0.4) is 0 Å². The maximum absolute atomic E-state index is 12.6. The Morgan fingerprint density at radius 3 is 2.34 bits per heavy atom. The molecule has 0 spiro atoms. The second kappa shape index (κ2) is 7.20. The fourth-order valence-corrected chi connectivity index (χ4v) is 3.62. The molecule has 6 heteroatoms. The standard InChI is InChI=1S/C23H22N2O4/c1-12-15(4)28-21-14(3)22-18(9-17(12)21)13(2)19(23(27)29-22)10-20(26)25-11-16-5-7-24-8-6-16/h5-9H,10-11H2,1-4H3,(H,25,26). The molecule has 4 aromatic rings. The van der Waals surface area contributed by atoms with Gasteiger partial charge in [-0.2, -0.15) is 0 Å². The number of furan rings is 1. The number of nitrogens with zero attached hydrogens (tertiary/aromatic N) is 1. The lowest BCUT2D eigenvalue weighted by atomic mass is 9.98. The van der Waals surface area contributed by atoms with Crippen LogP contribution in [0.1, 0.15) is 33.6 Å². The van der Waals surface area contributed by atoms with E-state index in [0.29, 0.717) is 17.7 Å². The highest BCUT2D eigenvalue weighted by Crippen LogP contribution is 2.34. The predicted molar refractivity (Wildman–Crippen MR) is 111 cm³/mol. The molecule has 6 nitrogen and oxygen atoms in total. The molecule has 0 saturated heterocycles. The van der Waals surface area contributed by atoms with E-state index in [1.807, 2.05) is 45.9 Å². The van der Waals surface area contributed by atoms with E-state index in [1.165, 1.54) is 0 Å². The number of aryl methyl sites for hydroxylation is 4. The third kappa shape index (κ3) is 3.31. The highest BCUT2D eigenvalue weighted by Gasteiger charge is 2.20. The Hall–Kier alpha value is -3.41. The van der Waals surface area contributed by atoms with Gasteiger partial charge in [0.1, 0.15) is 16.9 Å². The summed E-state index contributed by atoms with van der Waals surface area (Å²) in [4.78, 5) is 29.0. The predicted octanol–water partition coefficient (Wildman–Crippen LogP) is 4.03. The van der Waals surface area contributed by atoms with Crippen LogP contribution in [0.5, 0.6) is 0 Å². The second-order valence-electron chi connectivity index (χ2n) is 7.34. The molecule has 4 rings (SSSR count). The summed E-state index contributed by atoms with van der Waals surface area (Å²) >= 11 is 0. The van der Waals surface area contributed by atoms with E-state index in [9.17, 15) is 9.59 Å². The zero-order valence-electron chi connectivity index (χ0n) is 16.9. The Kier molecular flexibility index (Phi) is 4.70. The number of hydrogen-bond donors (Lipinski definition) is 1. The summed E-state index contributed by atoms with van der Waals surface area (Å²) in [5, 5.41) is 4.67. The van der Waals surface area contributed by atoms with E-state index in [1.54, 1.807) is 12.4 Å². The van der Waals surface area contributed by atoms with E-state index < -0.39 is 5.63 Å². The number of aromatic nitrogens is 1. The lowest BCUT2D eigenvalue weighted by molar-refractivity contribution is -0.120. The Labute approximate surface area is 167 Å². The zero-order chi connectivity index (χ0) is 20.7. The molecule has 148 valence electrons. The van der Waals surface area contributed by atoms with Gasteiger partial charge in [0.25, 0.3) is 0 Å². The van der Waals surface area contributed by atoms with Crippen molar-refractivity contribution in [1.82, 2.24) is 10.3 Å². The first-order valence-electron chi connectivity index (χ1n) is 9.48. The molecule has 0 aliphatic rings. The SMILES string of the molecule is Cc1oc2c(C)c3oc(=O)c(CC(=O)NCc4ccncc4)c(C)c3cc2c1C.